The Balaban J connectivity index is 1.23. The van der Waals surface area contributed by atoms with E-state index in [-0.39, 0.29) is 5.91 Å². The van der Waals surface area contributed by atoms with Crippen molar-refractivity contribution in [3.8, 4) is 5.69 Å². The number of aromatic nitrogens is 4. The number of hydrogen-bond donors (Lipinski definition) is 0. The van der Waals surface area contributed by atoms with Crippen molar-refractivity contribution in [2.75, 3.05) is 31.1 Å². The molecule has 2 fully saturated rings. The molecule has 0 saturated carbocycles. The highest BCUT2D eigenvalue weighted by Gasteiger charge is 2.37. The van der Waals surface area contributed by atoms with E-state index < -0.39 is 0 Å². The van der Waals surface area contributed by atoms with Crippen LogP contribution in [0.2, 0.25) is 5.02 Å². The monoisotopic (exact) mass is 478 g/mol. The smallest absolute Gasteiger partial charge is 0.256 e. The summed E-state index contributed by atoms with van der Waals surface area (Å²) in [5.74, 6) is 0.907. The summed E-state index contributed by atoms with van der Waals surface area (Å²) < 4.78 is 1.12. The second-order valence-corrected chi connectivity index (χ2v) is 10.5. The van der Waals surface area contributed by atoms with Crippen LogP contribution in [0.15, 0.2) is 48.8 Å². The molecule has 2 saturated heterocycles. The highest BCUT2D eigenvalue weighted by Crippen LogP contribution is 2.36. The summed E-state index contributed by atoms with van der Waals surface area (Å²) in [7, 11) is 0. The van der Waals surface area contributed by atoms with Crippen LogP contribution in [-0.4, -0.2) is 57.0 Å². The number of fused-ring (bicyclic) bond motifs is 3. The molecule has 1 amide bonds. The number of halogens is 1. The van der Waals surface area contributed by atoms with Crippen LogP contribution in [0.5, 0.6) is 0 Å². The Bertz CT molecular complexity index is 1320. The molecule has 0 N–H and O–H groups in total. The number of rotatable bonds is 3. The fourth-order valence-electron chi connectivity index (χ4n) is 5.13. The Hall–Kier alpha value is -2.97. The molecule has 4 aromatic rings. The van der Waals surface area contributed by atoms with E-state index in [1.807, 2.05) is 48.2 Å². The summed E-state index contributed by atoms with van der Waals surface area (Å²) >= 11 is 7.86. The number of aryl methyl sites for hydroxylation is 1. The second-order valence-electron chi connectivity index (χ2n) is 9.03. The maximum absolute atomic E-state index is 13.6. The van der Waals surface area contributed by atoms with E-state index in [0.29, 0.717) is 17.4 Å². The quantitative estimate of drug-likeness (QED) is 0.435. The van der Waals surface area contributed by atoms with Crippen molar-refractivity contribution < 1.29 is 4.79 Å². The number of benzene rings is 2. The van der Waals surface area contributed by atoms with Gasteiger partial charge in [0.2, 0.25) is 0 Å². The molecule has 2 aliphatic rings. The fourth-order valence-corrected chi connectivity index (χ4v) is 6.39. The van der Waals surface area contributed by atoms with Crippen LogP contribution < -0.4 is 4.90 Å². The van der Waals surface area contributed by atoms with Crippen LogP contribution >= 0.6 is 22.9 Å². The minimum atomic E-state index is 0.0591. The molecular formula is C24H23ClN6OS. The summed E-state index contributed by atoms with van der Waals surface area (Å²) in [6.45, 7) is 5.33. The molecule has 2 aliphatic heterocycles. The standard InChI is InChI=1S/C24H23ClN6OS/c1-15-2-5-21(31-26-6-7-27-31)19(8-15)23(32)29-11-16-9-17(12-29)14-30(13-16)24-28-20-4-3-18(25)10-22(20)33-24/h2-8,10,16-17H,9,11-14H2,1H3. The number of anilines is 1. The molecule has 2 aromatic carbocycles. The zero-order valence-corrected chi connectivity index (χ0v) is 19.8. The van der Waals surface area contributed by atoms with Crippen LogP contribution in [0.25, 0.3) is 15.9 Å². The molecular weight excluding hydrogens is 456 g/mol. The van der Waals surface area contributed by atoms with Crippen molar-refractivity contribution >= 4 is 44.2 Å². The topological polar surface area (TPSA) is 67.2 Å². The van der Waals surface area contributed by atoms with E-state index in [2.05, 4.69) is 15.1 Å². The highest BCUT2D eigenvalue weighted by molar-refractivity contribution is 7.22. The van der Waals surface area contributed by atoms with Gasteiger partial charge in [0, 0.05) is 31.2 Å². The van der Waals surface area contributed by atoms with E-state index in [1.54, 1.807) is 23.7 Å². The predicted octanol–water partition coefficient (Wildman–Crippen LogP) is 4.44. The third-order valence-corrected chi connectivity index (χ3v) is 7.81. The maximum atomic E-state index is 13.6. The molecule has 2 atom stereocenters. The number of carbonyl (C=O) groups is 1. The van der Waals surface area contributed by atoms with E-state index in [1.165, 1.54) is 4.80 Å². The number of thiazole rings is 1. The molecule has 33 heavy (non-hydrogen) atoms. The minimum Gasteiger partial charge on any atom is -0.347 e. The molecule has 2 bridgehead atoms. The van der Waals surface area contributed by atoms with Crippen molar-refractivity contribution in [3.05, 3.63) is 64.9 Å². The van der Waals surface area contributed by atoms with Crippen LogP contribution in [0.3, 0.4) is 0 Å². The van der Waals surface area contributed by atoms with Gasteiger partial charge in [-0.3, -0.25) is 4.79 Å². The zero-order chi connectivity index (χ0) is 22.5. The minimum absolute atomic E-state index is 0.0591. The summed E-state index contributed by atoms with van der Waals surface area (Å²) in [5, 5.41) is 10.3. The van der Waals surface area contributed by atoms with Crippen molar-refractivity contribution in [1.29, 1.82) is 0 Å². The molecule has 0 spiro atoms. The lowest BCUT2D eigenvalue weighted by atomic mass is 9.84. The van der Waals surface area contributed by atoms with Crippen molar-refractivity contribution in [1.82, 2.24) is 24.9 Å². The van der Waals surface area contributed by atoms with Crippen LogP contribution in [0.1, 0.15) is 22.3 Å². The first kappa shape index (κ1) is 20.6. The van der Waals surface area contributed by atoms with Gasteiger partial charge in [-0.15, -0.1) is 0 Å². The molecule has 7 nitrogen and oxygen atoms in total. The van der Waals surface area contributed by atoms with Crippen LogP contribution in [0.4, 0.5) is 5.13 Å². The molecule has 0 aliphatic carbocycles. The Kier molecular flexibility index (Phi) is 5.07. The molecule has 0 radical (unpaired) electrons. The molecule has 168 valence electrons. The first-order valence-corrected chi connectivity index (χ1v) is 12.3. The average molecular weight is 479 g/mol. The van der Waals surface area contributed by atoms with Gasteiger partial charge in [-0.05, 0) is 55.5 Å². The van der Waals surface area contributed by atoms with Gasteiger partial charge >= 0.3 is 0 Å². The lowest BCUT2D eigenvalue weighted by Crippen LogP contribution is -2.54. The maximum Gasteiger partial charge on any atom is 0.256 e. The van der Waals surface area contributed by atoms with Crippen molar-refractivity contribution in [2.24, 2.45) is 11.8 Å². The predicted molar refractivity (Wildman–Crippen MR) is 130 cm³/mol. The SMILES string of the molecule is Cc1ccc(-n2nccn2)c(C(=O)N2CC3CC(C2)CN(c2nc4ccc(Cl)cc4s2)C3)c1. The number of piperidine rings is 2. The van der Waals surface area contributed by atoms with Gasteiger partial charge in [-0.25, -0.2) is 4.98 Å². The van der Waals surface area contributed by atoms with Gasteiger partial charge in [0.05, 0.1) is 33.9 Å². The van der Waals surface area contributed by atoms with Crippen molar-refractivity contribution in [2.45, 2.75) is 13.3 Å². The normalized spacial score (nSPS) is 20.4. The fraction of sp³-hybridized carbons (Fsp3) is 0.333. The molecule has 2 aromatic heterocycles. The van der Waals surface area contributed by atoms with Gasteiger partial charge in [-0.1, -0.05) is 34.6 Å². The van der Waals surface area contributed by atoms with E-state index >= 15 is 0 Å². The van der Waals surface area contributed by atoms with Gasteiger partial charge < -0.3 is 9.80 Å². The number of hydrogen-bond acceptors (Lipinski definition) is 6. The van der Waals surface area contributed by atoms with Gasteiger partial charge in [0.15, 0.2) is 5.13 Å². The van der Waals surface area contributed by atoms with Gasteiger partial charge in [0.1, 0.15) is 0 Å². The molecule has 2 unspecified atom stereocenters. The van der Waals surface area contributed by atoms with E-state index in [4.69, 9.17) is 16.6 Å². The third kappa shape index (κ3) is 3.87. The first-order valence-electron chi connectivity index (χ1n) is 11.1. The van der Waals surface area contributed by atoms with E-state index in [0.717, 1.165) is 64.2 Å². The summed E-state index contributed by atoms with van der Waals surface area (Å²) in [4.78, 5) is 24.4. The van der Waals surface area contributed by atoms with Gasteiger partial charge in [-0.2, -0.15) is 15.0 Å². The average Bonchev–Trinajstić information content (AvgIpc) is 3.47. The lowest BCUT2D eigenvalue weighted by molar-refractivity contribution is 0.0564. The van der Waals surface area contributed by atoms with Gasteiger partial charge in [0.25, 0.3) is 5.91 Å². The Morgan fingerprint density at radius 3 is 2.55 bits per heavy atom. The van der Waals surface area contributed by atoms with Crippen LogP contribution in [-0.2, 0) is 0 Å². The van der Waals surface area contributed by atoms with Crippen molar-refractivity contribution in [3.63, 3.8) is 0 Å². The Labute approximate surface area is 200 Å². The van der Waals surface area contributed by atoms with Crippen LogP contribution in [0, 0.1) is 18.8 Å². The highest BCUT2D eigenvalue weighted by atomic mass is 35.5. The number of likely N-dealkylation sites (tertiary alicyclic amines) is 1. The summed E-state index contributed by atoms with van der Waals surface area (Å²) in [6, 6.07) is 11.7. The first-order chi connectivity index (χ1) is 16.0. The molecule has 9 heteroatoms. The number of carbonyl (C=O) groups excluding carboxylic acids is 1. The number of nitrogens with zero attached hydrogens (tertiary/aromatic N) is 6. The van der Waals surface area contributed by atoms with E-state index in [9.17, 15) is 4.79 Å². The number of amides is 1. The molecule has 6 rings (SSSR count). The summed E-state index contributed by atoms with van der Waals surface area (Å²) in [5.41, 5.74) is 3.42. The lowest BCUT2D eigenvalue weighted by Gasteiger charge is -2.45. The Morgan fingerprint density at radius 1 is 1.03 bits per heavy atom. The second kappa shape index (κ2) is 8.11. The summed E-state index contributed by atoms with van der Waals surface area (Å²) in [6.07, 6.45) is 4.41. The largest absolute Gasteiger partial charge is 0.347 e. The molecule has 4 heterocycles. The Morgan fingerprint density at radius 2 is 1.79 bits per heavy atom. The third-order valence-electron chi connectivity index (χ3n) is 6.49. The zero-order valence-electron chi connectivity index (χ0n) is 18.2.